The lowest BCUT2D eigenvalue weighted by atomic mass is 9.99. The molecule has 0 unspecified atom stereocenters. The molecule has 0 bridgehead atoms. The predicted octanol–water partition coefficient (Wildman–Crippen LogP) is 3.37. The molecule has 3 rings (SSSR count). The maximum atomic E-state index is 14.4. The second-order valence-corrected chi connectivity index (χ2v) is 7.41. The number of benzene rings is 1. The van der Waals surface area contributed by atoms with E-state index in [1.54, 1.807) is 6.07 Å². The Bertz CT molecular complexity index is 577. The minimum Gasteiger partial charge on any atom is -0.393 e. The molecule has 2 aliphatic rings. The number of nitrogens with one attached hydrogen (secondary N) is 1. The van der Waals surface area contributed by atoms with E-state index in [1.165, 1.54) is 18.9 Å². The van der Waals surface area contributed by atoms with Gasteiger partial charge < -0.3 is 15.3 Å². The van der Waals surface area contributed by atoms with Gasteiger partial charge in [0.25, 0.3) is 0 Å². The second-order valence-electron chi connectivity index (χ2n) is 7.41. The molecule has 2 fully saturated rings. The molecular formula is C20H29FN2O2. The summed E-state index contributed by atoms with van der Waals surface area (Å²) in [5.41, 5.74) is 1.38. The van der Waals surface area contributed by atoms with Crippen molar-refractivity contribution in [3.05, 3.63) is 29.6 Å². The van der Waals surface area contributed by atoms with Crippen LogP contribution in [0, 0.1) is 11.7 Å². The Morgan fingerprint density at radius 2 is 1.80 bits per heavy atom. The SMILES string of the molecule is O=C(NCc1ccc(N2CCC(O)CC2)c(F)c1)C1CCCCCC1. The van der Waals surface area contributed by atoms with Crippen molar-refractivity contribution in [3.8, 4) is 0 Å². The number of rotatable bonds is 4. The van der Waals surface area contributed by atoms with Gasteiger partial charge in [-0.3, -0.25) is 4.79 Å². The van der Waals surface area contributed by atoms with Gasteiger partial charge in [-0.05, 0) is 43.4 Å². The average molecular weight is 348 g/mol. The van der Waals surface area contributed by atoms with Crippen molar-refractivity contribution in [1.82, 2.24) is 5.32 Å². The summed E-state index contributed by atoms with van der Waals surface area (Å²) in [5, 5.41) is 12.5. The third-order valence-corrected chi connectivity index (χ3v) is 5.51. The quantitative estimate of drug-likeness (QED) is 0.820. The van der Waals surface area contributed by atoms with Gasteiger partial charge >= 0.3 is 0 Å². The van der Waals surface area contributed by atoms with Gasteiger partial charge in [0, 0.05) is 25.6 Å². The van der Waals surface area contributed by atoms with Crippen LogP contribution in [0.3, 0.4) is 0 Å². The molecule has 1 amide bonds. The van der Waals surface area contributed by atoms with Crippen molar-refractivity contribution < 1.29 is 14.3 Å². The lowest BCUT2D eigenvalue weighted by molar-refractivity contribution is -0.125. The highest BCUT2D eigenvalue weighted by Crippen LogP contribution is 2.25. The standard InChI is InChI=1S/C20H29FN2O2/c21-18-13-15(7-8-19(18)23-11-9-17(24)10-12-23)14-22-20(25)16-5-3-1-2-4-6-16/h7-8,13,16-17,24H,1-6,9-12,14H2,(H,22,25). The number of piperidine rings is 1. The maximum Gasteiger partial charge on any atom is 0.223 e. The summed E-state index contributed by atoms with van der Waals surface area (Å²) in [6.07, 6.45) is 7.75. The molecule has 138 valence electrons. The number of hydrogen-bond acceptors (Lipinski definition) is 3. The van der Waals surface area contributed by atoms with E-state index in [9.17, 15) is 14.3 Å². The molecule has 0 atom stereocenters. The Kier molecular flexibility index (Phi) is 6.29. The zero-order valence-electron chi connectivity index (χ0n) is 14.8. The summed E-state index contributed by atoms with van der Waals surface area (Å²) in [6, 6.07) is 5.20. The van der Waals surface area contributed by atoms with E-state index in [4.69, 9.17) is 0 Å². The number of aliphatic hydroxyl groups excluding tert-OH is 1. The summed E-state index contributed by atoms with van der Waals surface area (Å²) >= 11 is 0. The first kappa shape index (κ1) is 18.2. The first-order valence-corrected chi connectivity index (χ1v) is 9.62. The summed E-state index contributed by atoms with van der Waals surface area (Å²) in [7, 11) is 0. The molecule has 2 N–H and O–H groups in total. The molecule has 1 saturated heterocycles. The van der Waals surface area contributed by atoms with Gasteiger partial charge in [-0.25, -0.2) is 4.39 Å². The molecule has 0 radical (unpaired) electrons. The smallest absolute Gasteiger partial charge is 0.223 e. The minimum absolute atomic E-state index is 0.108. The molecule has 0 aromatic heterocycles. The topological polar surface area (TPSA) is 52.6 Å². The Morgan fingerprint density at radius 3 is 2.44 bits per heavy atom. The molecule has 1 heterocycles. The largest absolute Gasteiger partial charge is 0.393 e. The fraction of sp³-hybridized carbons (Fsp3) is 0.650. The van der Waals surface area contributed by atoms with Gasteiger partial charge in [0.2, 0.25) is 5.91 Å². The van der Waals surface area contributed by atoms with Gasteiger partial charge in [-0.2, -0.15) is 0 Å². The number of hydrogen-bond donors (Lipinski definition) is 2. The van der Waals surface area contributed by atoms with E-state index in [0.717, 1.165) is 31.2 Å². The minimum atomic E-state index is -0.266. The lowest BCUT2D eigenvalue weighted by Gasteiger charge is -2.31. The molecule has 4 nitrogen and oxygen atoms in total. The molecule has 1 aliphatic carbocycles. The van der Waals surface area contributed by atoms with Gasteiger partial charge in [-0.1, -0.05) is 31.7 Å². The highest BCUT2D eigenvalue weighted by atomic mass is 19.1. The Morgan fingerprint density at radius 1 is 1.12 bits per heavy atom. The summed E-state index contributed by atoms with van der Waals surface area (Å²) in [6.45, 7) is 1.73. The monoisotopic (exact) mass is 348 g/mol. The van der Waals surface area contributed by atoms with E-state index in [1.807, 2.05) is 11.0 Å². The third-order valence-electron chi connectivity index (χ3n) is 5.51. The van der Waals surface area contributed by atoms with Gasteiger partial charge in [0.1, 0.15) is 5.82 Å². The molecule has 1 aliphatic heterocycles. The Labute approximate surface area is 149 Å². The van der Waals surface area contributed by atoms with Crippen LogP contribution in [0.25, 0.3) is 0 Å². The van der Waals surface area contributed by atoms with E-state index in [0.29, 0.717) is 38.2 Å². The summed E-state index contributed by atoms with van der Waals surface area (Å²) in [5.74, 6) is -0.0274. The van der Waals surface area contributed by atoms with Gasteiger partial charge in [0.15, 0.2) is 0 Å². The number of carbonyl (C=O) groups is 1. The highest BCUT2D eigenvalue weighted by Gasteiger charge is 2.21. The second kappa shape index (κ2) is 8.65. The van der Waals surface area contributed by atoms with Gasteiger partial charge in [0.05, 0.1) is 11.8 Å². The normalized spacial score (nSPS) is 20.3. The maximum absolute atomic E-state index is 14.4. The first-order chi connectivity index (χ1) is 12.1. The van der Waals surface area contributed by atoms with Crippen LogP contribution in [-0.2, 0) is 11.3 Å². The number of anilines is 1. The highest BCUT2D eigenvalue weighted by molar-refractivity contribution is 5.78. The van der Waals surface area contributed by atoms with Crippen molar-refractivity contribution in [2.75, 3.05) is 18.0 Å². The van der Waals surface area contributed by atoms with Crippen molar-refractivity contribution in [2.45, 2.75) is 64.0 Å². The van der Waals surface area contributed by atoms with E-state index < -0.39 is 0 Å². The van der Waals surface area contributed by atoms with Crippen LogP contribution in [0.5, 0.6) is 0 Å². The van der Waals surface area contributed by atoms with Crippen LogP contribution in [-0.4, -0.2) is 30.2 Å². The van der Waals surface area contributed by atoms with Crippen LogP contribution in [0.2, 0.25) is 0 Å². The predicted molar refractivity (Wildman–Crippen MR) is 96.9 cm³/mol. The Balaban J connectivity index is 1.54. The molecule has 25 heavy (non-hydrogen) atoms. The molecular weight excluding hydrogens is 319 g/mol. The number of halogens is 1. The fourth-order valence-electron chi connectivity index (χ4n) is 3.90. The Hall–Kier alpha value is -1.62. The molecule has 1 saturated carbocycles. The number of aliphatic hydroxyl groups is 1. The van der Waals surface area contributed by atoms with Crippen LogP contribution in [0.15, 0.2) is 18.2 Å². The van der Waals surface area contributed by atoms with E-state index in [2.05, 4.69) is 5.32 Å². The molecule has 0 spiro atoms. The zero-order chi connectivity index (χ0) is 17.6. The number of amides is 1. The fourth-order valence-corrected chi connectivity index (χ4v) is 3.90. The van der Waals surface area contributed by atoms with Crippen molar-refractivity contribution in [3.63, 3.8) is 0 Å². The zero-order valence-corrected chi connectivity index (χ0v) is 14.8. The molecule has 1 aromatic rings. The van der Waals surface area contributed by atoms with Crippen LogP contribution in [0.1, 0.15) is 56.9 Å². The molecule has 1 aromatic carbocycles. The van der Waals surface area contributed by atoms with Crippen LogP contribution in [0.4, 0.5) is 10.1 Å². The number of carbonyl (C=O) groups excluding carboxylic acids is 1. The van der Waals surface area contributed by atoms with Crippen LogP contribution < -0.4 is 10.2 Å². The van der Waals surface area contributed by atoms with Crippen LogP contribution >= 0.6 is 0 Å². The van der Waals surface area contributed by atoms with Crippen molar-refractivity contribution in [1.29, 1.82) is 0 Å². The lowest BCUT2D eigenvalue weighted by Crippen LogP contribution is -2.36. The summed E-state index contributed by atoms with van der Waals surface area (Å²) in [4.78, 5) is 14.3. The van der Waals surface area contributed by atoms with Gasteiger partial charge in [-0.15, -0.1) is 0 Å². The molecule has 5 heteroatoms. The van der Waals surface area contributed by atoms with E-state index in [-0.39, 0.29) is 23.7 Å². The third kappa shape index (κ3) is 4.94. The van der Waals surface area contributed by atoms with E-state index >= 15 is 0 Å². The first-order valence-electron chi connectivity index (χ1n) is 9.62. The van der Waals surface area contributed by atoms with Crippen molar-refractivity contribution in [2.24, 2.45) is 5.92 Å². The average Bonchev–Trinajstić information content (AvgIpc) is 2.90. The summed E-state index contributed by atoms with van der Waals surface area (Å²) < 4.78 is 14.4. The van der Waals surface area contributed by atoms with Crippen molar-refractivity contribution >= 4 is 11.6 Å². The number of nitrogens with zero attached hydrogens (tertiary/aromatic N) is 1.